The predicted octanol–water partition coefficient (Wildman–Crippen LogP) is 5.75. The molecule has 4 saturated carbocycles. The van der Waals surface area contributed by atoms with Crippen molar-refractivity contribution in [3.63, 3.8) is 0 Å². The quantitative estimate of drug-likeness (QED) is 0.631. The molecular weight excluding hydrogens is 328 g/mol. The highest BCUT2D eigenvalue weighted by Gasteiger charge is 2.51. The van der Waals surface area contributed by atoms with E-state index in [1.165, 1.54) is 43.4 Å². The van der Waals surface area contributed by atoms with Crippen LogP contribution in [0.3, 0.4) is 0 Å². The van der Waals surface area contributed by atoms with Crippen LogP contribution in [0.15, 0.2) is 29.2 Å². The van der Waals surface area contributed by atoms with Gasteiger partial charge in [-0.25, -0.2) is 0 Å². The summed E-state index contributed by atoms with van der Waals surface area (Å²) in [7, 11) is 0. The van der Waals surface area contributed by atoms with Crippen molar-refractivity contribution in [2.24, 2.45) is 23.7 Å². The largest absolute Gasteiger partial charge is 0.481 e. The maximum absolute atomic E-state index is 11.1. The highest BCUT2D eigenvalue weighted by atomic mass is 32.2. The monoisotopic (exact) mass is 358 g/mol. The number of carboxylic acids is 1. The molecule has 25 heavy (non-hydrogen) atoms. The molecule has 2 nitrogen and oxygen atoms in total. The average molecular weight is 359 g/mol. The Kier molecular flexibility index (Phi) is 4.87. The maximum atomic E-state index is 11.1. The first-order valence-electron chi connectivity index (χ1n) is 10.0. The Morgan fingerprint density at radius 2 is 1.68 bits per heavy atom. The molecular formula is C22H30O2S. The molecule has 4 aliphatic rings. The molecule has 0 radical (unpaired) electrons. The molecule has 1 aromatic carbocycles. The highest BCUT2D eigenvalue weighted by molar-refractivity contribution is 7.99. The minimum atomic E-state index is -0.653. The van der Waals surface area contributed by atoms with E-state index in [1.807, 2.05) is 6.92 Å². The van der Waals surface area contributed by atoms with Crippen molar-refractivity contribution in [2.45, 2.75) is 68.6 Å². The van der Waals surface area contributed by atoms with Gasteiger partial charge in [-0.1, -0.05) is 19.1 Å². The van der Waals surface area contributed by atoms with E-state index < -0.39 is 5.97 Å². The lowest BCUT2D eigenvalue weighted by Crippen LogP contribution is -2.48. The van der Waals surface area contributed by atoms with Crippen LogP contribution in [0.25, 0.3) is 0 Å². The zero-order valence-electron chi connectivity index (χ0n) is 15.2. The molecule has 0 aliphatic heterocycles. The van der Waals surface area contributed by atoms with Crippen LogP contribution in [0.4, 0.5) is 0 Å². The Morgan fingerprint density at radius 1 is 1.12 bits per heavy atom. The van der Waals surface area contributed by atoms with Gasteiger partial charge in [0.05, 0.1) is 5.92 Å². The maximum Gasteiger partial charge on any atom is 0.306 e. The van der Waals surface area contributed by atoms with Crippen molar-refractivity contribution in [2.75, 3.05) is 5.75 Å². The predicted molar refractivity (Wildman–Crippen MR) is 103 cm³/mol. The summed E-state index contributed by atoms with van der Waals surface area (Å²) >= 11 is 1.80. The summed E-state index contributed by atoms with van der Waals surface area (Å²) in [5.74, 6) is 3.01. The number of carboxylic acid groups (broad SMARTS) is 1. The van der Waals surface area contributed by atoms with Crippen LogP contribution in [-0.2, 0) is 10.2 Å². The van der Waals surface area contributed by atoms with Gasteiger partial charge >= 0.3 is 5.97 Å². The molecule has 0 spiro atoms. The van der Waals surface area contributed by atoms with Crippen LogP contribution in [-0.4, -0.2) is 16.8 Å². The van der Waals surface area contributed by atoms with Gasteiger partial charge in [0.15, 0.2) is 0 Å². The minimum absolute atomic E-state index is 0.196. The van der Waals surface area contributed by atoms with Gasteiger partial charge in [0.2, 0.25) is 0 Å². The SMILES string of the molecule is CCC(CCSc1ccc(C23CC4CC(CC(C4)C2)C3)cc1)C(=O)O. The molecule has 4 fully saturated rings. The summed E-state index contributed by atoms with van der Waals surface area (Å²) in [4.78, 5) is 12.4. The standard InChI is InChI=1S/C22H30O2S/c1-2-18(21(23)24)7-8-25-20-5-3-19(4-6-20)22-12-15-9-16(13-22)11-17(10-15)14-22/h3-6,15-18H,2,7-14H2,1H3,(H,23,24). The molecule has 1 N–H and O–H groups in total. The number of hydrogen-bond donors (Lipinski definition) is 1. The first-order chi connectivity index (χ1) is 12.1. The van der Waals surface area contributed by atoms with Crippen molar-refractivity contribution in [3.8, 4) is 0 Å². The third-order valence-electron chi connectivity index (χ3n) is 7.08. The third-order valence-corrected chi connectivity index (χ3v) is 8.13. The van der Waals surface area contributed by atoms with Gasteiger partial charge in [0.1, 0.15) is 0 Å². The van der Waals surface area contributed by atoms with Crippen LogP contribution in [0, 0.1) is 23.7 Å². The lowest BCUT2D eigenvalue weighted by Gasteiger charge is -2.57. The minimum Gasteiger partial charge on any atom is -0.481 e. The molecule has 136 valence electrons. The second-order valence-electron chi connectivity index (χ2n) is 8.80. The number of thioether (sulfide) groups is 1. The fourth-order valence-electron chi connectivity index (χ4n) is 6.19. The fourth-order valence-corrected chi connectivity index (χ4v) is 7.16. The molecule has 1 aromatic rings. The molecule has 5 rings (SSSR count). The van der Waals surface area contributed by atoms with Crippen LogP contribution >= 0.6 is 11.8 Å². The van der Waals surface area contributed by atoms with Gasteiger partial charge in [-0.05, 0) is 98.0 Å². The zero-order valence-corrected chi connectivity index (χ0v) is 16.1. The summed E-state index contributed by atoms with van der Waals surface area (Å²) in [5, 5.41) is 9.15. The summed E-state index contributed by atoms with van der Waals surface area (Å²) in [6, 6.07) is 9.31. The van der Waals surface area contributed by atoms with E-state index >= 15 is 0 Å². The molecule has 4 bridgehead atoms. The van der Waals surface area contributed by atoms with E-state index in [2.05, 4.69) is 24.3 Å². The Hall–Kier alpha value is -0.960. The topological polar surface area (TPSA) is 37.3 Å². The molecule has 1 unspecified atom stereocenters. The highest BCUT2D eigenvalue weighted by Crippen LogP contribution is 2.60. The summed E-state index contributed by atoms with van der Waals surface area (Å²) in [6.45, 7) is 1.96. The number of rotatable bonds is 7. The first-order valence-corrected chi connectivity index (χ1v) is 11.0. The van der Waals surface area contributed by atoms with E-state index in [9.17, 15) is 4.79 Å². The second kappa shape index (κ2) is 6.98. The number of benzene rings is 1. The number of carbonyl (C=O) groups is 1. The summed E-state index contributed by atoms with van der Waals surface area (Å²) in [6.07, 6.45) is 10.2. The molecule has 0 heterocycles. The van der Waals surface area contributed by atoms with E-state index in [-0.39, 0.29) is 5.92 Å². The van der Waals surface area contributed by atoms with Crippen molar-refractivity contribution in [1.82, 2.24) is 0 Å². The molecule has 0 aromatic heterocycles. The van der Waals surface area contributed by atoms with Crippen LogP contribution in [0.5, 0.6) is 0 Å². The fraction of sp³-hybridized carbons (Fsp3) is 0.682. The smallest absolute Gasteiger partial charge is 0.306 e. The third kappa shape index (κ3) is 3.49. The Morgan fingerprint density at radius 3 is 2.16 bits per heavy atom. The summed E-state index contributed by atoms with van der Waals surface area (Å²) in [5.41, 5.74) is 2.06. The van der Waals surface area contributed by atoms with Gasteiger partial charge < -0.3 is 5.11 Å². The molecule has 0 saturated heterocycles. The van der Waals surface area contributed by atoms with Crippen molar-refractivity contribution >= 4 is 17.7 Å². The van der Waals surface area contributed by atoms with Gasteiger partial charge in [-0.3, -0.25) is 4.79 Å². The van der Waals surface area contributed by atoms with E-state index in [1.54, 1.807) is 17.3 Å². The van der Waals surface area contributed by atoms with Crippen LogP contribution in [0.2, 0.25) is 0 Å². The molecule has 1 atom stereocenters. The van der Waals surface area contributed by atoms with Crippen molar-refractivity contribution in [1.29, 1.82) is 0 Å². The van der Waals surface area contributed by atoms with Gasteiger partial charge in [-0.2, -0.15) is 0 Å². The van der Waals surface area contributed by atoms with E-state index in [4.69, 9.17) is 5.11 Å². The van der Waals surface area contributed by atoms with Gasteiger partial charge in [0, 0.05) is 4.90 Å². The van der Waals surface area contributed by atoms with Crippen molar-refractivity contribution in [3.05, 3.63) is 29.8 Å². The Labute approximate surface area is 155 Å². The number of aliphatic carboxylic acids is 1. The van der Waals surface area contributed by atoms with Gasteiger partial charge in [0.25, 0.3) is 0 Å². The summed E-state index contributed by atoms with van der Waals surface area (Å²) < 4.78 is 0. The Balaban J connectivity index is 1.38. The first kappa shape index (κ1) is 17.5. The molecule has 4 aliphatic carbocycles. The van der Waals surface area contributed by atoms with Crippen LogP contribution < -0.4 is 0 Å². The number of hydrogen-bond acceptors (Lipinski definition) is 2. The Bertz CT molecular complexity index is 586. The zero-order chi connectivity index (χ0) is 17.4. The molecule has 0 amide bonds. The average Bonchev–Trinajstić information content (AvgIpc) is 2.58. The second-order valence-corrected chi connectivity index (χ2v) is 9.97. The van der Waals surface area contributed by atoms with E-state index in [0.29, 0.717) is 5.41 Å². The lowest BCUT2D eigenvalue weighted by molar-refractivity contribution is -0.141. The lowest BCUT2D eigenvalue weighted by atomic mass is 9.48. The van der Waals surface area contributed by atoms with Crippen LogP contribution in [0.1, 0.15) is 63.9 Å². The molecule has 3 heteroatoms. The van der Waals surface area contributed by atoms with E-state index in [0.717, 1.165) is 36.3 Å². The van der Waals surface area contributed by atoms with Crippen molar-refractivity contribution < 1.29 is 9.90 Å². The normalized spacial score (nSPS) is 34.2. The van der Waals surface area contributed by atoms with Gasteiger partial charge in [-0.15, -0.1) is 11.8 Å².